The van der Waals surface area contributed by atoms with E-state index in [1.807, 2.05) is 11.8 Å². The van der Waals surface area contributed by atoms with E-state index in [1.165, 1.54) is 54.7 Å². The van der Waals surface area contributed by atoms with Gasteiger partial charge in [0.15, 0.2) is 0 Å². The summed E-state index contributed by atoms with van der Waals surface area (Å²) < 4.78 is 4.79. The van der Waals surface area contributed by atoms with Crippen LogP contribution < -0.4 is 0 Å². The Morgan fingerprint density at radius 2 is 1.29 bits per heavy atom. The predicted octanol–water partition coefficient (Wildman–Crippen LogP) is 9.32. The first kappa shape index (κ1) is 23.6. The summed E-state index contributed by atoms with van der Waals surface area (Å²) in [5.41, 5.74) is 10.1. The van der Waals surface area contributed by atoms with E-state index in [0.29, 0.717) is 0 Å². The lowest BCUT2D eigenvalue weighted by molar-refractivity contribution is 0.590. The minimum Gasteiger partial charge on any atom is -0.309 e. The van der Waals surface area contributed by atoms with Crippen molar-refractivity contribution in [2.75, 3.05) is 0 Å². The van der Waals surface area contributed by atoms with Gasteiger partial charge in [0.05, 0.1) is 33.5 Å². The maximum Gasteiger partial charge on any atom is 0.124 e. The quantitative estimate of drug-likeness (QED) is 0.218. The normalized spacial score (nSPS) is 13.8. The second-order valence-electron chi connectivity index (χ2n) is 12.6. The van der Waals surface area contributed by atoms with Crippen LogP contribution in [0.1, 0.15) is 58.5 Å². The van der Waals surface area contributed by atoms with Gasteiger partial charge in [-0.1, -0.05) is 65.8 Å². The molecule has 38 heavy (non-hydrogen) atoms. The molecule has 3 nitrogen and oxygen atoms in total. The van der Waals surface area contributed by atoms with Crippen molar-refractivity contribution >= 4 is 44.6 Å². The molecule has 0 bridgehead atoms. The van der Waals surface area contributed by atoms with Crippen molar-refractivity contribution in [3.63, 3.8) is 0 Å². The highest BCUT2D eigenvalue weighted by Crippen LogP contribution is 2.41. The first-order valence-corrected chi connectivity index (χ1v) is 14.4. The van der Waals surface area contributed by atoms with Gasteiger partial charge in [-0.2, -0.15) is 0 Å². The molecule has 7 rings (SSSR count). The van der Waals surface area contributed by atoms with E-state index in [4.69, 9.17) is 4.98 Å². The van der Waals surface area contributed by atoms with Gasteiger partial charge in [-0.15, -0.1) is 11.8 Å². The zero-order chi connectivity index (χ0) is 26.4. The van der Waals surface area contributed by atoms with Crippen molar-refractivity contribution in [2.45, 2.75) is 63.0 Å². The highest BCUT2D eigenvalue weighted by molar-refractivity contribution is 7.98. The van der Waals surface area contributed by atoms with Gasteiger partial charge in [0.1, 0.15) is 5.82 Å². The monoisotopic (exact) mass is 515 g/mol. The number of nitrogens with zero attached hydrogens (tertiary/aromatic N) is 3. The molecule has 0 atom stereocenters. The number of fused-ring (bicyclic) bond motifs is 8. The molecule has 2 aromatic heterocycles. The van der Waals surface area contributed by atoms with Crippen LogP contribution in [0, 0.1) is 0 Å². The standard InChI is InChI=1S/C34H33N3S/c1-33(2,3)21-11-14-27-24(17-21)25-18-22(34(4,5)6)12-15-28(25)36(27)23-13-16-30-31(19-23)38-20-32-35-26-9-7-8-10-29(26)37(30)32/h7-19H,20H2,1-6H3. The summed E-state index contributed by atoms with van der Waals surface area (Å²) in [6, 6.07) is 29.4. The van der Waals surface area contributed by atoms with Gasteiger partial charge in [-0.3, -0.25) is 4.57 Å². The molecule has 0 N–H and O–H groups in total. The number of aromatic nitrogens is 3. The van der Waals surface area contributed by atoms with Crippen molar-refractivity contribution in [1.29, 1.82) is 0 Å². The summed E-state index contributed by atoms with van der Waals surface area (Å²) in [7, 11) is 0. The molecule has 3 heterocycles. The summed E-state index contributed by atoms with van der Waals surface area (Å²) in [4.78, 5) is 6.20. The lowest BCUT2D eigenvalue weighted by atomic mass is 9.85. The third-order valence-electron chi connectivity index (χ3n) is 7.93. The largest absolute Gasteiger partial charge is 0.309 e. The Morgan fingerprint density at radius 1 is 0.658 bits per heavy atom. The Balaban J connectivity index is 1.48. The van der Waals surface area contributed by atoms with Crippen molar-refractivity contribution in [1.82, 2.24) is 14.1 Å². The summed E-state index contributed by atoms with van der Waals surface area (Å²) in [5, 5.41) is 2.65. The molecule has 1 aliphatic rings. The number of hydrogen-bond acceptors (Lipinski definition) is 2. The van der Waals surface area contributed by atoms with Crippen molar-refractivity contribution in [3.8, 4) is 11.4 Å². The number of benzene rings is 4. The minimum absolute atomic E-state index is 0.0952. The van der Waals surface area contributed by atoms with Crippen LogP contribution in [-0.2, 0) is 16.6 Å². The van der Waals surface area contributed by atoms with E-state index >= 15 is 0 Å². The van der Waals surface area contributed by atoms with Crippen LogP contribution in [0.5, 0.6) is 0 Å². The summed E-state index contributed by atoms with van der Waals surface area (Å²) in [6.07, 6.45) is 0. The summed E-state index contributed by atoms with van der Waals surface area (Å²) >= 11 is 1.88. The van der Waals surface area contributed by atoms with Crippen molar-refractivity contribution in [3.05, 3.63) is 95.8 Å². The lowest BCUT2D eigenvalue weighted by Gasteiger charge is -2.21. The van der Waals surface area contributed by atoms with E-state index in [9.17, 15) is 0 Å². The number of rotatable bonds is 1. The number of para-hydroxylation sites is 2. The Hall–Kier alpha value is -3.50. The second-order valence-corrected chi connectivity index (χ2v) is 13.6. The van der Waals surface area contributed by atoms with Crippen LogP contribution >= 0.6 is 11.8 Å². The molecule has 0 saturated heterocycles. The van der Waals surface area contributed by atoms with E-state index in [2.05, 4.69) is 130 Å². The Kier molecular flexibility index (Phi) is 4.97. The zero-order valence-corrected chi connectivity index (χ0v) is 23.8. The SMILES string of the molecule is CC(C)(C)c1ccc2c(c1)c1cc(C(C)(C)C)ccc1n2-c1ccc2c(c1)SCc1nc3ccccc3n1-2. The van der Waals surface area contributed by atoms with Crippen LogP contribution in [0.2, 0.25) is 0 Å². The molecule has 190 valence electrons. The van der Waals surface area contributed by atoms with Crippen LogP contribution in [0.25, 0.3) is 44.2 Å². The van der Waals surface area contributed by atoms with Crippen molar-refractivity contribution in [2.24, 2.45) is 0 Å². The molecule has 0 fully saturated rings. The molecule has 6 aromatic rings. The van der Waals surface area contributed by atoms with Crippen LogP contribution in [0.3, 0.4) is 0 Å². The maximum absolute atomic E-state index is 4.90. The Morgan fingerprint density at radius 3 is 1.92 bits per heavy atom. The van der Waals surface area contributed by atoms with Gasteiger partial charge in [-0.25, -0.2) is 4.98 Å². The highest BCUT2D eigenvalue weighted by atomic mass is 32.2. The molecule has 4 heteroatoms. The second kappa shape index (κ2) is 8.00. The first-order valence-electron chi connectivity index (χ1n) is 13.4. The average molecular weight is 516 g/mol. The lowest BCUT2D eigenvalue weighted by Crippen LogP contribution is -2.10. The molecular formula is C34H33N3S. The third kappa shape index (κ3) is 3.54. The highest BCUT2D eigenvalue weighted by Gasteiger charge is 2.24. The fraction of sp³-hybridized carbons (Fsp3) is 0.265. The van der Waals surface area contributed by atoms with E-state index in [-0.39, 0.29) is 10.8 Å². The van der Waals surface area contributed by atoms with Gasteiger partial charge >= 0.3 is 0 Å². The van der Waals surface area contributed by atoms with E-state index in [0.717, 1.165) is 17.1 Å². The first-order chi connectivity index (χ1) is 18.1. The number of imidazole rings is 1. The molecule has 0 unspecified atom stereocenters. The third-order valence-corrected chi connectivity index (χ3v) is 8.97. The predicted molar refractivity (Wildman–Crippen MR) is 162 cm³/mol. The van der Waals surface area contributed by atoms with Crippen molar-refractivity contribution < 1.29 is 0 Å². The molecule has 0 saturated carbocycles. The zero-order valence-electron chi connectivity index (χ0n) is 23.0. The fourth-order valence-electron chi connectivity index (χ4n) is 5.76. The molecule has 0 aliphatic carbocycles. The average Bonchev–Trinajstić information content (AvgIpc) is 3.42. The maximum atomic E-state index is 4.90. The molecular weight excluding hydrogens is 482 g/mol. The van der Waals surface area contributed by atoms with Gasteiger partial charge in [0, 0.05) is 21.4 Å². The summed E-state index contributed by atoms with van der Waals surface area (Å²) in [6.45, 7) is 13.8. The number of hydrogen-bond donors (Lipinski definition) is 0. The van der Waals surface area contributed by atoms with Crippen LogP contribution in [0.15, 0.2) is 83.8 Å². The molecule has 1 aliphatic heterocycles. The number of thioether (sulfide) groups is 1. The molecule has 0 radical (unpaired) electrons. The topological polar surface area (TPSA) is 22.8 Å². The minimum atomic E-state index is 0.0952. The van der Waals surface area contributed by atoms with E-state index < -0.39 is 0 Å². The summed E-state index contributed by atoms with van der Waals surface area (Å²) in [5.74, 6) is 2.00. The Labute approximate surface area is 228 Å². The van der Waals surface area contributed by atoms with Gasteiger partial charge in [-0.05, 0) is 76.6 Å². The van der Waals surface area contributed by atoms with Gasteiger partial charge in [0.2, 0.25) is 0 Å². The Bertz CT molecular complexity index is 1820. The molecule has 0 amide bonds. The fourth-order valence-corrected chi connectivity index (χ4v) is 6.75. The van der Waals surface area contributed by atoms with Crippen LogP contribution in [0.4, 0.5) is 0 Å². The van der Waals surface area contributed by atoms with Crippen LogP contribution in [-0.4, -0.2) is 14.1 Å². The molecule has 0 spiro atoms. The smallest absolute Gasteiger partial charge is 0.124 e. The van der Waals surface area contributed by atoms with Gasteiger partial charge in [0.25, 0.3) is 0 Å². The van der Waals surface area contributed by atoms with Gasteiger partial charge < -0.3 is 4.57 Å². The molecule has 4 aromatic carbocycles. The van der Waals surface area contributed by atoms with E-state index in [1.54, 1.807) is 0 Å².